The van der Waals surface area contributed by atoms with Gasteiger partial charge in [-0.2, -0.15) is 0 Å². The monoisotopic (exact) mass is 455 g/mol. The lowest BCUT2D eigenvalue weighted by molar-refractivity contribution is -0.00294. The summed E-state index contributed by atoms with van der Waals surface area (Å²) in [7, 11) is 3.84. The standard InChI is InChI=1S/C25H37N5O3/c1-5-33-24(32)30-17-25(18-30)9-8-20(15-25)28-11-13-29(14-12-28)23-21(7-6-10-26-23)22(31)19(2)16-27(3)4/h6-7,10,16,20H,5,8-9,11-15,17-18H2,1-4H3/b19-16-/t20-/m1/s1. The van der Waals surface area contributed by atoms with Gasteiger partial charge < -0.3 is 19.4 Å². The van der Waals surface area contributed by atoms with Crippen molar-refractivity contribution in [1.82, 2.24) is 19.7 Å². The highest BCUT2D eigenvalue weighted by Gasteiger charge is 2.51. The Morgan fingerprint density at radius 3 is 2.64 bits per heavy atom. The predicted octanol–water partition coefficient (Wildman–Crippen LogP) is 2.86. The van der Waals surface area contributed by atoms with Gasteiger partial charge in [0.25, 0.3) is 0 Å². The molecule has 1 atom stereocenters. The molecule has 2 saturated heterocycles. The van der Waals surface area contributed by atoms with Gasteiger partial charge in [0.1, 0.15) is 5.82 Å². The number of amides is 1. The van der Waals surface area contributed by atoms with Crippen LogP contribution in [0.4, 0.5) is 10.6 Å². The van der Waals surface area contributed by atoms with Gasteiger partial charge in [-0.15, -0.1) is 0 Å². The summed E-state index contributed by atoms with van der Waals surface area (Å²) in [5.41, 5.74) is 1.67. The Balaban J connectivity index is 1.33. The number of nitrogens with zero attached hydrogens (tertiary/aromatic N) is 5. The molecule has 0 radical (unpaired) electrons. The molecule has 2 aliphatic heterocycles. The summed E-state index contributed by atoms with van der Waals surface area (Å²) in [5.74, 6) is 0.823. The Morgan fingerprint density at radius 1 is 1.24 bits per heavy atom. The third-order valence-electron chi connectivity index (χ3n) is 7.23. The molecule has 1 saturated carbocycles. The zero-order valence-corrected chi connectivity index (χ0v) is 20.4. The second-order valence-electron chi connectivity index (χ2n) is 9.95. The molecule has 1 spiro atoms. The number of anilines is 1. The second-order valence-corrected chi connectivity index (χ2v) is 9.95. The molecule has 3 fully saturated rings. The summed E-state index contributed by atoms with van der Waals surface area (Å²) in [6.07, 6.45) is 7.00. The number of ketones is 1. The molecule has 0 N–H and O–H groups in total. The van der Waals surface area contributed by atoms with Gasteiger partial charge >= 0.3 is 6.09 Å². The number of carbonyl (C=O) groups excluding carboxylic acids is 2. The highest BCUT2D eigenvalue weighted by Crippen LogP contribution is 2.47. The lowest BCUT2D eigenvalue weighted by atomic mass is 9.78. The molecule has 1 aliphatic carbocycles. The van der Waals surface area contributed by atoms with E-state index in [4.69, 9.17) is 4.74 Å². The summed E-state index contributed by atoms with van der Waals surface area (Å²) in [6, 6.07) is 4.30. The van der Waals surface area contributed by atoms with Gasteiger partial charge in [-0.05, 0) is 45.2 Å². The van der Waals surface area contributed by atoms with Gasteiger partial charge in [0.2, 0.25) is 0 Å². The van der Waals surface area contributed by atoms with Crippen molar-refractivity contribution in [2.45, 2.75) is 39.2 Å². The van der Waals surface area contributed by atoms with Gasteiger partial charge in [0.15, 0.2) is 5.78 Å². The van der Waals surface area contributed by atoms with Crippen LogP contribution in [0.1, 0.15) is 43.5 Å². The Morgan fingerprint density at radius 2 is 1.97 bits per heavy atom. The number of carbonyl (C=O) groups is 2. The molecule has 4 rings (SSSR count). The first-order valence-electron chi connectivity index (χ1n) is 12.1. The van der Waals surface area contributed by atoms with Crippen LogP contribution in [0.15, 0.2) is 30.1 Å². The van der Waals surface area contributed by atoms with E-state index in [9.17, 15) is 9.59 Å². The van der Waals surface area contributed by atoms with E-state index >= 15 is 0 Å². The fraction of sp³-hybridized carbons (Fsp3) is 0.640. The maximum absolute atomic E-state index is 13.0. The average Bonchev–Trinajstić information content (AvgIpc) is 3.23. The molecule has 1 aromatic heterocycles. The predicted molar refractivity (Wildman–Crippen MR) is 128 cm³/mol. The van der Waals surface area contributed by atoms with Crippen molar-refractivity contribution in [2.24, 2.45) is 5.41 Å². The van der Waals surface area contributed by atoms with E-state index in [2.05, 4.69) is 14.8 Å². The van der Waals surface area contributed by atoms with Crippen molar-refractivity contribution >= 4 is 17.7 Å². The number of aromatic nitrogens is 1. The van der Waals surface area contributed by atoms with Crippen molar-refractivity contribution in [3.63, 3.8) is 0 Å². The molecule has 1 aromatic rings. The fourth-order valence-corrected chi connectivity index (χ4v) is 5.67. The van der Waals surface area contributed by atoms with Crippen LogP contribution in [0.5, 0.6) is 0 Å². The number of hydrogen-bond acceptors (Lipinski definition) is 7. The molecular formula is C25H37N5O3. The van der Waals surface area contributed by atoms with Crippen LogP contribution in [-0.2, 0) is 4.74 Å². The van der Waals surface area contributed by atoms with Crippen molar-refractivity contribution < 1.29 is 14.3 Å². The van der Waals surface area contributed by atoms with E-state index in [0.717, 1.165) is 51.5 Å². The fourth-order valence-electron chi connectivity index (χ4n) is 5.67. The quantitative estimate of drug-likeness (QED) is 0.483. The van der Waals surface area contributed by atoms with Gasteiger partial charge in [-0.3, -0.25) is 9.69 Å². The minimum atomic E-state index is -0.170. The van der Waals surface area contributed by atoms with E-state index in [-0.39, 0.29) is 17.3 Å². The number of rotatable bonds is 6. The summed E-state index contributed by atoms with van der Waals surface area (Å²) >= 11 is 0. The van der Waals surface area contributed by atoms with Crippen molar-refractivity contribution in [3.8, 4) is 0 Å². The van der Waals surface area contributed by atoms with Crippen molar-refractivity contribution in [2.75, 3.05) is 64.9 Å². The molecule has 180 valence electrons. The molecule has 0 unspecified atom stereocenters. The summed E-state index contributed by atoms with van der Waals surface area (Å²) in [4.78, 5) is 38.2. The first kappa shape index (κ1) is 23.5. The summed E-state index contributed by atoms with van der Waals surface area (Å²) < 4.78 is 5.14. The molecule has 1 amide bonds. The molecule has 8 nitrogen and oxygen atoms in total. The van der Waals surface area contributed by atoms with Crippen molar-refractivity contribution in [3.05, 3.63) is 35.7 Å². The summed E-state index contributed by atoms with van der Waals surface area (Å²) in [5, 5.41) is 0. The Labute approximate surface area is 197 Å². The minimum Gasteiger partial charge on any atom is -0.450 e. The van der Waals surface area contributed by atoms with E-state index in [1.807, 2.05) is 56.1 Å². The number of ether oxygens (including phenoxy) is 1. The first-order valence-corrected chi connectivity index (χ1v) is 12.1. The number of pyridine rings is 1. The van der Waals surface area contributed by atoms with E-state index in [0.29, 0.717) is 23.8 Å². The average molecular weight is 456 g/mol. The van der Waals surface area contributed by atoms with E-state index < -0.39 is 0 Å². The van der Waals surface area contributed by atoms with Crippen LogP contribution < -0.4 is 4.90 Å². The molecule has 3 heterocycles. The number of Topliss-reactive ketones (excluding diaryl/α,β-unsaturated/α-hetero) is 1. The van der Waals surface area contributed by atoms with E-state index in [1.54, 1.807) is 6.20 Å². The third-order valence-corrected chi connectivity index (χ3v) is 7.23. The molecule has 0 aromatic carbocycles. The van der Waals surface area contributed by atoms with Gasteiger partial charge in [0.05, 0.1) is 12.2 Å². The third kappa shape index (κ3) is 5.00. The lowest BCUT2D eigenvalue weighted by Gasteiger charge is -2.48. The largest absolute Gasteiger partial charge is 0.450 e. The highest BCUT2D eigenvalue weighted by atomic mass is 16.6. The Kier molecular flexibility index (Phi) is 6.93. The number of likely N-dealkylation sites (tertiary alicyclic amines) is 1. The van der Waals surface area contributed by atoms with Crippen LogP contribution in [0.25, 0.3) is 0 Å². The summed E-state index contributed by atoms with van der Waals surface area (Å²) in [6.45, 7) is 9.49. The van der Waals surface area contributed by atoms with Crippen LogP contribution in [0.3, 0.4) is 0 Å². The number of piperazine rings is 1. The molecule has 8 heteroatoms. The van der Waals surface area contributed by atoms with Gasteiger partial charge in [0, 0.05) is 82.8 Å². The van der Waals surface area contributed by atoms with Gasteiger partial charge in [-0.25, -0.2) is 9.78 Å². The zero-order chi connectivity index (χ0) is 23.6. The molecule has 33 heavy (non-hydrogen) atoms. The topological polar surface area (TPSA) is 69.2 Å². The maximum atomic E-state index is 13.0. The second kappa shape index (κ2) is 9.71. The number of allylic oxidation sites excluding steroid dienone is 1. The normalized spacial score (nSPS) is 22.9. The molecular weight excluding hydrogens is 418 g/mol. The van der Waals surface area contributed by atoms with Crippen LogP contribution in [0.2, 0.25) is 0 Å². The molecule has 0 bridgehead atoms. The maximum Gasteiger partial charge on any atom is 0.409 e. The first-order chi connectivity index (χ1) is 15.8. The lowest BCUT2D eigenvalue weighted by Crippen LogP contribution is -2.58. The zero-order valence-electron chi connectivity index (χ0n) is 20.4. The minimum absolute atomic E-state index is 0.0306. The smallest absolute Gasteiger partial charge is 0.409 e. The number of hydrogen-bond donors (Lipinski definition) is 0. The van der Waals surface area contributed by atoms with E-state index in [1.165, 1.54) is 12.8 Å². The Hall–Kier alpha value is -2.61. The Bertz CT molecular complexity index is 901. The van der Waals surface area contributed by atoms with Crippen LogP contribution >= 0.6 is 0 Å². The van der Waals surface area contributed by atoms with Crippen LogP contribution in [-0.4, -0.2) is 97.6 Å². The molecule has 3 aliphatic rings. The van der Waals surface area contributed by atoms with Gasteiger partial charge in [-0.1, -0.05) is 0 Å². The highest BCUT2D eigenvalue weighted by molar-refractivity contribution is 6.11. The van der Waals surface area contributed by atoms with Crippen molar-refractivity contribution in [1.29, 1.82) is 0 Å². The van der Waals surface area contributed by atoms with Crippen LogP contribution in [0, 0.1) is 5.41 Å². The SMILES string of the molecule is CCOC(=O)N1CC2(CC[C@@H](N3CCN(c4ncccc4C(=O)/C(C)=C\N(C)C)CC3)C2)C1.